The first-order valence-electron chi connectivity index (χ1n) is 9.36. The van der Waals surface area contributed by atoms with Crippen molar-refractivity contribution < 1.29 is 31.1 Å². The summed E-state index contributed by atoms with van der Waals surface area (Å²) in [6.45, 7) is 0.990. The number of piperidine rings is 1. The van der Waals surface area contributed by atoms with Gasteiger partial charge in [-0.3, -0.25) is 4.79 Å². The van der Waals surface area contributed by atoms with Crippen LogP contribution in [0.1, 0.15) is 35.3 Å². The van der Waals surface area contributed by atoms with Crippen LogP contribution >= 0.6 is 0 Å². The predicted molar refractivity (Wildman–Crippen MR) is 102 cm³/mol. The van der Waals surface area contributed by atoms with Crippen LogP contribution in [0, 0.1) is 0 Å². The van der Waals surface area contributed by atoms with E-state index in [1.165, 1.54) is 33.3 Å². The van der Waals surface area contributed by atoms with Gasteiger partial charge in [0.05, 0.1) is 0 Å². The van der Waals surface area contributed by atoms with Gasteiger partial charge in [-0.2, -0.15) is 4.31 Å². The van der Waals surface area contributed by atoms with Crippen molar-refractivity contribution in [2.45, 2.75) is 37.1 Å². The Bertz CT molecular complexity index is 995. The third-order valence-corrected chi connectivity index (χ3v) is 6.64. The molecule has 11 heteroatoms. The van der Waals surface area contributed by atoms with E-state index in [2.05, 4.69) is 10.1 Å². The maximum atomic E-state index is 12.8. The van der Waals surface area contributed by atoms with Gasteiger partial charge in [-0.15, -0.1) is 13.2 Å². The van der Waals surface area contributed by atoms with Crippen LogP contribution in [0.5, 0.6) is 5.75 Å². The average Bonchev–Trinajstić information content (AvgIpc) is 3.09. The van der Waals surface area contributed by atoms with Crippen molar-refractivity contribution in [3.8, 4) is 5.75 Å². The van der Waals surface area contributed by atoms with Gasteiger partial charge in [0, 0.05) is 32.9 Å². The highest BCUT2D eigenvalue weighted by Gasteiger charge is 2.31. The maximum Gasteiger partial charge on any atom is 0.573 e. The quantitative estimate of drug-likeness (QED) is 0.741. The van der Waals surface area contributed by atoms with E-state index in [9.17, 15) is 26.4 Å². The number of aryl methyl sites for hydroxylation is 1. The number of aromatic nitrogens is 1. The van der Waals surface area contributed by atoms with Crippen LogP contribution < -0.4 is 10.1 Å². The number of nitrogens with one attached hydrogen (secondary N) is 1. The van der Waals surface area contributed by atoms with Gasteiger partial charge in [-0.1, -0.05) is 18.6 Å². The van der Waals surface area contributed by atoms with Gasteiger partial charge >= 0.3 is 6.36 Å². The minimum absolute atomic E-state index is 0.0600. The summed E-state index contributed by atoms with van der Waals surface area (Å²) in [5.41, 5.74) is 0.732. The third-order valence-electron chi connectivity index (χ3n) is 4.78. The van der Waals surface area contributed by atoms with Gasteiger partial charge in [0.15, 0.2) is 0 Å². The Morgan fingerprint density at radius 3 is 2.37 bits per heavy atom. The zero-order valence-corrected chi connectivity index (χ0v) is 17.1. The van der Waals surface area contributed by atoms with Crippen LogP contribution in [-0.4, -0.2) is 42.6 Å². The topological polar surface area (TPSA) is 80.6 Å². The van der Waals surface area contributed by atoms with E-state index in [1.807, 2.05) is 0 Å². The molecule has 1 aromatic carbocycles. The van der Waals surface area contributed by atoms with Crippen LogP contribution in [0.3, 0.4) is 0 Å². The normalized spacial score (nSPS) is 15.7. The highest BCUT2D eigenvalue weighted by Crippen LogP contribution is 2.24. The summed E-state index contributed by atoms with van der Waals surface area (Å²) >= 11 is 0. The monoisotopic (exact) mass is 445 g/mol. The number of amides is 1. The molecule has 1 saturated heterocycles. The molecule has 2 heterocycles. The van der Waals surface area contributed by atoms with Crippen LogP contribution in [0.15, 0.2) is 41.4 Å². The zero-order chi connectivity index (χ0) is 21.9. The van der Waals surface area contributed by atoms with Gasteiger partial charge in [-0.05, 0) is 36.6 Å². The number of carbonyl (C=O) groups excluding carboxylic acids is 1. The van der Waals surface area contributed by atoms with Crippen molar-refractivity contribution in [2.24, 2.45) is 7.05 Å². The number of hydrogen-bond acceptors (Lipinski definition) is 4. The fraction of sp³-hybridized carbons (Fsp3) is 0.421. The zero-order valence-electron chi connectivity index (χ0n) is 16.3. The Morgan fingerprint density at radius 1 is 1.13 bits per heavy atom. The first-order chi connectivity index (χ1) is 14.1. The number of rotatable bonds is 6. The molecule has 0 radical (unpaired) electrons. The van der Waals surface area contributed by atoms with Gasteiger partial charge in [-0.25, -0.2) is 8.42 Å². The third kappa shape index (κ3) is 5.33. The fourth-order valence-electron chi connectivity index (χ4n) is 3.24. The summed E-state index contributed by atoms with van der Waals surface area (Å²) in [7, 11) is -2.08. The number of hydrogen-bond donors (Lipinski definition) is 1. The Hall–Kier alpha value is -2.53. The molecule has 164 valence electrons. The van der Waals surface area contributed by atoms with Gasteiger partial charge in [0.1, 0.15) is 16.3 Å². The van der Waals surface area contributed by atoms with E-state index in [1.54, 1.807) is 7.05 Å². The Labute approximate surface area is 172 Å². The molecular weight excluding hydrogens is 423 g/mol. The smallest absolute Gasteiger partial charge is 0.406 e. The Kier molecular flexibility index (Phi) is 6.41. The van der Waals surface area contributed by atoms with E-state index in [0.29, 0.717) is 18.7 Å². The number of nitrogens with zero attached hydrogens (tertiary/aromatic N) is 2. The van der Waals surface area contributed by atoms with E-state index in [4.69, 9.17) is 0 Å². The molecule has 0 bridgehead atoms. The fourth-order valence-corrected chi connectivity index (χ4v) is 4.83. The molecule has 0 unspecified atom stereocenters. The molecule has 30 heavy (non-hydrogen) atoms. The van der Waals surface area contributed by atoms with Crippen LogP contribution in [-0.2, 0) is 23.6 Å². The molecule has 3 rings (SSSR count). The number of carbonyl (C=O) groups is 1. The molecular formula is C19H22F3N3O4S. The standard InChI is InChI=1S/C19H22F3N3O4S/c1-24-13-16(30(27,28)25-9-3-2-4-10-25)11-17(24)18(26)23-12-14-5-7-15(8-6-14)29-19(20,21)22/h5-8,11,13H,2-4,9-10,12H2,1H3,(H,23,26). The molecule has 1 N–H and O–H groups in total. The lowest BCUT2D eigenvalue weighted by Crippen LogP contribution is -2.35. The van der Waals surface area contributed by atoms with Crippen molar-refractivity contribution in [1.29, 1.82) is 0 Å². The number of ether oxygens (including phenoxy) is 1. The lowest BCUT2D eigenvalue weighted by Gasteiger charge is -2.25. The SMILES string of the molecule is Cn1cc(S(=O)(=O)N2CCCCC2)cc1C(=O)NCc1ccc(OC(F)(F)F)cc1. The van der Waals surface area contributed by atoms with Crippen molar-refractivity contribution >= 4 is 15.9 Å². The van der Waals surface area contributed by atoms with Crippen LogP contribution in [0.25, 0.3) is 0 Å². The highest BCUT2D eigenvalue weighted by atomic mass is 32.2. The van der Waals surface area contributed by atoms with Crippen molar-refractivity contribution in [3.63, 3.8) is 0 Å². The number of halogens is 3. The molecule has 1 amide bonds. The lowest BCUT2D eigenvalue weighted by molar-refractivity contribution is -0.274. The minimum atomic E-state index is -4.77. The molecule has 0 saturated carbocycles. The maximum absolute atomic E-state index is 12.8. The minimum Gasteiger partial charge on any atom is -0.406 e. The van der Waals surface area contributed by atoms with Crippen molar-refractivity contribution in [2.75, 3.05) is 13.1 Å². The Balaban J connectivity index is 1.65. The van der Waals surface area contributed by atoms with Crippen LogP contribution in [0.4, 0.5) is 13.2 Å². The van der Waals surface area contributed by atoms with E-state index in [-0.39, 0.29) is 22.9 Å². The van der Waals surface area contributed by atoms with Crippen molar-refractivity contribution in [1.82, 2.24) is 14.2 Å². The molecule has 0 aliphatic carbocycles. The molecule has 1 aliphatic rings. The van der Waals surface area contributed by atoms with Crippen molar-refractivity contribution in [3.05, 3.63) is 47.8 Å². The average molecular weight is 445 g/mol. The summed E-state index contributed by atoms with van der Waals surface area (Å²) < 4.78 is 68.8. The number of sulfonamides is 1. The summed E-state index contributed by atoms with van der Waals surface area (Å²) in [4.78, 5) is 12.6. The molecule has 1 aromatic heterocycles. The largest absolute Gasteiger partial charge is 0.573 e. The van der Waals surface area contributed by atoms with E-state index in [0.717, 1.165) is 31.4 Å². The second-order valence-corrected chi connectivity index (χ2v) is 8.95. The highest BCUT2D eigenvalue weighted by molar-refractivity contribution is 7.89. The second-order valence-electron chi connectivity index (χ2n) is 7.01. The number of alkyl halides is 3. The first kappa shape index (κ1) is 22.2. The number of benzene rings is 1. The second kappa shape index (κ2) is 8.68. The van der Waals surface area contributed by atoms with Gasteiger partial charge in [0.25, 0.3) is 5.91 Å². The first-order valence-corrected chi connectivity index (χ1v) is 10.8. The molecule has 1 aliphatic heterocycles. The van der Waals surface area contributed by atoms with Crippen LogP contribution in [0.2, 0.25) is 0 Å². The summed E-state index contributed by atoms with van der Waals surface area (Å²) in [6, 6.07) is 6.44. The molecule has 0 spiro atoms. The van der Waals surface area contributed by atoms with E-state index >= 15 is 0 Å². The predicted octanol–water partition coefficient (Wildman–Crippen LogP) is 3.03. The molecule has 0 atom stereocenters. The van der Waals surface area contributed by atoms with Gasteiger partial charge < -0.3 is 14.6 Å². The summed E-state index contributed by atoms with van der Waals surface area (Å²) in [5, 5.41) is 2.64. The lowest BCUT2D eigenvalue weighted by atomic mass is 10.2. The molecule has 1 fully saturated rings. The molecule has 2 aromatic rings. The summed E-state index contributed by atoms with van der Waals surface area (Å²) in [5.74, 6) is -0.846. The van der Waals surface area contributed by atoms with Gasteiger partial charge in [0.2, 0.25) is 10.0 Å². The Morgan fingerprint density at radius 2 is 1.77 bits per heavy atom. The molecule has 7 nitrogen and oxygen atoms in total. The van der Waals surface area contributed by atoms with E-state index < -0.39 is 22.3 Å². The summed E-state index contributed by atoms with van der Waals surface area (Å²) in [6.07, 6.45) is -0.743.